The molecule has 0 saturated carbocycles. The summed E-state index contributed by atoms with van der Waals surface area (Å²) in [6, 6.07) is 14.1. The molecule has 0 amide bonds. The minimum atomic E-state index is -4.16. The summed E-state index contributed by atoms with van der Waals surface area (Å²) in [6.07, 6.45) is 0. The number of esters is 1. The van der Waals surface area contributed by atoms with Crippen LogP contribution in [0.5, 0.6) is 5.75 Å². The Balaban J connectivity index is 1.68. The highest BCUT2D eigenvalue weighted by Gasteiger charge is 2.45. The molecule has 0 radical (unpaired) electrons. The van der Waals surface area contributed by atoms with Gasteiger partial charge in [0.2, 0.25) is 0 Å². The minimum Gasteiger partial charge on any atom is -0.508 e. The number of hydrogen-bond acceptors (Lipinski definition) is 9. The molecule has 2 N–H and O–H groups in total. The number of phenols is 1. The summed E-state index contributed by atoms with van der Waals surface area (Å²) in [6.45, 7) is 2.60. The summed E-state index contributed by atoms with van der Waals surface area (Å²) in [7, 11) is -6.02. The maximum absolute atomic E-state index is 13.5. The number of aromatic hydroxyl groups is 1. The minimum absolute atomic E-state index is 0.00136. The van der Waals surface area contributed by atoms with Gasteiger partial charge in [-0.3, -0.25) is 4.90 Å². The van der Waals surface area contributed by atoms with Crippen LogP contribution in [0.25, 0.3) is 0 Å². The van der Waals surface area contributed by atoms with Gasteiger partial charge in [-0.25, -0.2) is 21.6 Å². The average Bonchev–Trinajstić information content (AvgIpc) is 2.91. The molecule has 0 saturated heterocycles. The molecule has 0 bridgehead atoms. The third-order valence-corrected chi connectivity index (χ3v) is 10.5. The number of halogens is 1. The van der Waals surface area contributed by atoms with Gasteiger partial charge in [0.1, 0.15) is 12.4 Å². The van der Waals surface area contributed by atoms with Crippen molar-refractivity contribution in [1.29, 1.82) is 0 Å². The number of rotatable bonds is 7. The molecule has 38 heavy (non-hydrogen) atoms. The third kappa shape index (κ3) is 6.06. The van der Waals surface area contributed by atoms with Gasteiger partial charge >= 0.3 is 5.97 Å². The first kappa shape index (κ1) is 28.2. The molecular formula is C26H29ClN2O7S2. The van der Waals surface area contributed by atoms with Gasteiger partial charge in [-0.1, -0.05) is 48.0 Å². The van der Waals surface area contributed by atoms with E-state index < -0.39 is 48.8 Å². The van der Waals surface area contributed by atoms with E-state index in [-0.39, 0.29) is 44.8 Å². The molecule has 204 valence electrons. The molecule has 4 rings (SSSR count). The fourth-order valence-electron chi connectivity index (χ4n) is 4.69. The summed E-state index contributed by atoms with van der Waals surface area (Å²) < 4.78 is 57.4. The van der Waals surface area contributed by atoms with Crippen LogP contribution in [0.4, 0.5) is 0 Å². The molecule has 2 aromatic rings. The second-order valence-electron chi connectivity index (χ2n) is 9.38. The second kappa shape index (κ2) is 11.1. The maximum atomic E-state index is 13.5. The second-order valence-corrected chi connectivity index (χ2v) is 14.1. The molecule has 2 aliphatic rings. The van der Waals surface area contributed by atoms with Crippen molar-refractivity contribution < 1.29 is 31.5 Å². The molecule has 2 aromatic carbocycles. The number of phenolic OH excluding ortho intramolecular Hbond substituents is 1. The van der Waals surface area contributed by atoms with Crippen molar-refractivity contribution in [2.75, 3.05) is 37.5 Å². The molecule has 0 aromatic heterocycles. The highest BCUT2D eigenvalue weighted by molar-refractivity contribution is 7.98. The highest BCUT2D eigenvalue weighted by Crippen LogP contribution is 2.47. The lowest BCUT2D eigenvalue weighted by atomic mass is 9.85. The fourth-order valence-corrected chi connectivity index (χ4v) is 9.08. The molecule has 2 aliphatic heterocycles. The van der Waals surface area contributed by atoms with Crippen LogP contribution in [0.3, 0.4) is 0 Å². The average molecular weight is 581 g/mol. The van der Waals surface area contributed by atoms with E-state index in [1.54, 1.807) is 0 Å². The van der Waals surface area contributed by atoms with Crippen LogP contribution in [0.1, 0.15) is 24.0 Å². The predicted molar refractivity (Wildman–Crippen MR) is 145 cm³/mol. The zero-order chi connectivity index (χ0) is 27.7. The summed E-state index contributed by atoms with van der Waals surface area (Å²) in [5.41, 5.74) is 1.21. The van der Waals surface area contributed by atoms with Crippen molar-refractivity contribution in [3.05, 3.63) is 86.6 Å². The van der Waals surface area contributed by atoms with Crippen LogP contribution in [0.2, 0.25) is 5.02 Å². The number of likely N-dealkylation sites (N-methyl/N-ethyl adjacent to an activating group) is 1. The van der Waals surface area contributed by atoms with Gasteiger partial charge in [-0.2, -0.15) is 0 Å². The molecule has 9 nitrogen and oxygen atoms in total. The lowest BCUT2D eigenvalue weighted by Gasteiger charge is -2.32. The molecule has 0 fully saturated rings. The maximum Gasteiger partial charge on any atom is 0.336 e. The number of ether oxygens (including phenoxy) is 1. The van der Waals surface area contributed by atoms with Gasteiger partial charge < -0.3 is 15.2 Å². The highest BCUT2D eigenvalue weighted by atomic mass is 35.5. The van der Waals surface area contributed by atoms with Gasteiger partial charge in [-0.15, -0.1) is 0 Å². The molecule has 2 heterocycles. The zero-order valence-electron chi connectivity index (χ0n) is 21.0. The normalized spacial score (nSPS) is 20.5. The quantitative estimate of drug-likeness (QED) is 0.475. The van der Waals surface area contributed by atoms with Crippen LogP contribution in [0, 0.1) is 0 Å². The molecule has 1 atom stereocenters. The Morgan fingerprint density at radius 2 is 1.82 bits per heavy atom. The van der Waals surface area contributed by atoms with Crippen molar-refractivity contribution in [3.63, 3.8) is 0 Å². The van der Waals surface area contributed by atoms with Crippen LogP contribution in [-0.4, -0.2) is 70.3 Å². The van der Waals surface area contributed by atoms with Crippen molar-refractivity contribution in [2.24, 2.45) is 0 Å². The number of nitrogens with zero attached hydrogens (tertiary/aromatic N) is 1. The Morgan fingerprint density at radius 3 is 2.50 bits per heavy atom. The lowest BCUT2D eigenvalue weighted by molar-refractivity contribution is -0.139. The summed E-state index contributed by atoms with van der Waals surface area (Å²) in [5, 5.41) is 13.6. The largest absolute Gasteiger partial charge is 0.508 e. The molecule has 12 heteroatoms. The monoisotopic (exact) mass is 580 g/mol. The number of allylic oxidation sites excluding steroid dienone is 2. The Bertz CT molecular complexity index is 1500. The van der Waals surface area contributed by atoms with E-state index in [0.29, 0.717) is 13.1 Å². The SMILES string of the molecule is CC1=C(C(=O)OCCN(C)Cc2ccccc2)C(c2c(O)cccc2Cl)C2=C(CS(=O)(=O)CCS2(=O)=O)N1. The van der Waals surface area contributed by atoms with Crippen molar-refractivity contribution in [1.82, 2.24) is 10.2 Å². The number of carbonyl (C=O) groups is 1. The molecular weight excluding hydrogens is 552 g/mol. The summed E-state index contributed by atoms with van der Waals surface area (Å²) in [5.74, 6) is -4.21. The van der Waals surface area contributed by atoms with Gasteiger partial charge in [0, 0.05) is 35.1 Å². The lowest BCUT2D eigenvalue weighted by Crippen LogP contribution is -2.34. The van der Waals surface area contributed by atoms with Gasteiger partial charge in [-0.05, 0) is 31.7 Å². The fraction of sp³-hybridized carbons (Fsp3) is 0.346. The number of dihydropyridines is 1. The zero-order valence-corrected chi connectivity index (χ0v) is 23.4. The van der Waals surface area contributed by atoms with Crippen LogP contribution in [-0.2, 0) is 35.8 Å². The topological polar surface area (TPSA) is 130 Å². The smallest absolute Gasteiger partial charge is 0.336 e. The van der Waals surface area contributed by atoms with E-state index in [4.69, 9.17) is 16.3 Å². The third-order valence-electron chi connectivity index (χ3n) is 6.49. The van der Waals surface area contributed by atoms with E-state index in [9.17, 15) is 26.7 Å². The Kier molecular flexibility index (Phi) is 8.22. The van der Waals surface area contributed by atoms with E-state index in [0.717, 1.165) is 5.56 Å². The van der Waals surface area contributed by atoms with Gasteiger partial charge in [0.05, 0.1) is 33.7 Å². The van der Waals surface area contributed by atoms with E-state index in [1.807, 2.05) is 42.3 Å². The van der Waals surface area contributed by atoms with E-state index in [1.165, 1.54) is 25.1 Å². The first-order chi connectivity index (χ1) is 17.9. The van der Waals surface area contributed by atoms with Crippen LogP contribution >= 0.6 is 11.6 Å². The van der Waals surface area contributed by atoms with Gasteiger partial charge in [0.25, 0.3) is 0 Å². The molecule has 1 unspecified atom stereocenters. The molecule has 0 aliphatic carbocycles. The van der Waals surface area contributed by atoms with Crippen LogP contribution < -0.4 is 5.32 Å². The number of hydrogen-bond donors (Lipinski definition) is 2. The van der Waals surface area contributed by atoms with Crippen LogP contribution in [0.15, 0.2) is 70.4 Å². The molecule has 0 spiro atoms. The first-order valence-electron chi connectivity index (χ1n) is 11.9. The Morgan fingerprint density at radius 1 is 1.11 bits per heavy atom. The van der Waals surface area contributed by atoms with Crippen molar-refractivity contribution in [2.45, 2.75) is 19.4 Å². The number of sulfone groups is 2. The van der Waals surface area contributed by atoms with Crippen molar-refractivity contribution in [3.8, 4) is 5.75 Å². The van der Waals surface area contributed by atoms with E-state index >= 15 is 0 Å². The van der Waals surface area contributed by atoms with E-state index in [2.05, 4.69) is 5.32 Å². The number of benzene rings is 2. The Hall–Kier alpha value is -2.86. The standard InChI is InChI=1S/C26H29ClN2O7S2/c1-17-22(26(31)36-12-11-29(2)15-18-7-4-3-5-8-18)24(23-19(27)9-6-10-21(23)30)25-20(28-17)16-37(32,33)13-14-38(25,34)35/h3-10,24,28,30H,11-16H2,1-2H3. The predicted octanol–water partition coefficient (Wildman–Crippen LogP) is 2.74. The Labute approximate surface area is 227 Å². The first-order valence-corrected chi connectivity index (χ1v) is 15.8. The number of nitrogens with one attached hydrogen (secondary N) is 1. The summed E-state index contributed by atoms with van der Waals surface area (Å²) in [4.78, 5) is 15.1. The van der Waals surface area contributed by atoms with Crippen molar-refractivity contribution >= 4 is 37.2 Å². The number of carbonyl (C=O) groups excluding carboxylic acids is 1. The summed E-state index contributed by atoms with van der Waals surface area (Å²) >= 11 is 6.43. The van der Waals surface area contributed by atoms with Gasteiger partial charge in [0.15, 0.2) is 19.7 Å².